The van der Waals surface area contributed by atoms with E-state index in [1.807, 2.05) is 5.32 Å². The fraction of sp³-hybridized carbons (Fsp3) is 0.333. The van der Waals surface area contributed by atoms with Gasteiger partial charge >= 0.3 is 6.03 Å². The number of quaternary nitrogens is 1. The Morgan fingerprint density at radius 2 is 2.06 bits per heavy atom. The van der Waals surface area contributed by atoms with E-state index in [1.165, 1.54) is 6.07 Å². The molecular weight excluding hydrogens is 237 g/mol. The number of hydrogen-bond acceptors (Lipinski definition) is 2. The van der Waals surface area contributed by atoms with Crippen LogP contribution in [0.4, 0.5) is 9.18 Å². The van der Waals surface area contributed by atoms with Crippen LogP contribution in [0.2, 0.25) is 0 Å². The van der Waals surface area contributed by atoms with Gasteiger partial charge in [-0.2, -0.15) is 0 Å². The molecule has 98 valence electrons. The maximum atomic E-state index is 13.4. The number of urea groups is 1. The van der Waals surface area contributed by atoms with Crippen LogP contribution in [0.3, 0.4) is 0 Å². The van der Waals surface area contributed by atoms with Crippen molar-refractivity contribution < 1.29 is 18.9 Å². The molecule has 0 saturated carbocycles. The molecule has 1 aromatic rings. The summed E-state index contributed by atoms with van der Waals surface area (Å²) in [6, 6.07) is 4.99. The Morgan fingerprint density at radius 1 is 1.44 bits per heavy atom. The summed E-state index contributed by atoms with van der Waals surface area (Å²) in [7, 11) is 1.75. The normalized spacial score (nSPS) is 13.7. The lowest BCUT2D eigenvalue weighted by Crippen LogP contribution is -3.12. The summed E-state index contributed by atoms with van der Waals surface area (Å²) >= 11 is 0. The summed E-state index contributed by atoms with van der Waals surface area (Å²) in [6.45, 7) is 1.99. The van der Waals surface area contributed by atoms with Gasteiger partial charge in [0, 0.05) is 5.56 Å². The predicted octanol–water partition coefficient (Wildman–Crippen LogP) is -0.576. The summed E-state index contributed by atoms with van der Waals surface area (Å²) < 4.78 is 13.4. The van der Waals surface area contributed by atoms with Gasteiger partial charge in [-0.25, -0.2) is 9.18 Å². The highest BCUT2D eigenvalue weighted by atomic mass is 19.1. The van der Waals surface area contributed by atoms with Crippen molar-refractivity contribution in [2.75, 3.05) is 7.05 Å². The van der Waals surface area contributed by atoms with E-state index in [-0.39, 0.29) is 5.82 Å². The third-order valence-electron chi connectivity index (χ3n) is 2.81. The predicted molar refractivity (Wildman–Crippen MR) is 64.2 cm³/mol. The zero-order valence-electron chi connectivity index (χ0n) is 10.4. The maximum absolute atomic E-state index is 13.4. The van der Waals surface area contributed by atoms with Crippen LogP contribution < -0.4 is 16.0 Å². The van der Waals surface area contributed by atoms with E-state index in [0.717, 1.165) is 4.90 Å². The van der Waals surface area contributed by atoms with Crippen molar-refractivity contribution >= 4 is 11.9 Å². The van der Waals surface area contributed by atoms with Crippen molar-refractivity contribution in [3.8, 4) is 0 Å². The largest absolute Gasteiger partial charge is 0.351 e. The monoisotopic (exact) mass is 254 g/mol. The summed E-state index contributed by atoms with van der Waals surface area (Å²) in [4.78, 5) is 22.9. The van der Waals surface area contributed by atoms with Gasteiger partial charge < -0.3 is 10.6 Å². The molecule has 2 atom stereocenters. The second kappa shape index (κ2) is 6.11. The Morgan fingerprint density at radius 3 is 2.61 bits per heavy atom. The Balaban J connectivity index is 2.65. The van der Waals surface area contributed by atoms with Crippen molar-refractivity contribution in [1.29, 1.82) is 0 Å². The zero-order valence-corrected chi connectivity index (χ0v) is 10.4. The van der Waals surface area contributed by atoms with Gasteiger partial charge in [0.2, 0.25) is 0 Å². The molecule has 0 spiro atoms. The number of rotatable bonds is 4. The third kappa shape index (κ3) is 3.81. The minimum Gasteiger partial charge on any atom is -0.351 e. The van der Waals surface area contributed by atoms with Gasteiger partial charge in [-0.3, -0.25) is 10.1 Å². The molecule has 4 N–H and O–H groups in total. The second-order valence-corrected chi connectivity index (χ2v) is 4.19. The van der Waals surface area contributed by atoms with E-state index in [0.29, 0.717) is 12.1 Å². The number of amides is 3. The van der Waals surface area contributed by atoms with Crippen molar-refractivity contribution in [2.45, 2.75) is 19.5 Å². The number of halogens is 1. The summed E-state index contributed by atoms with van der Waals surface area (Å²) in [5.41, 5.74) is 5.39. The lowest BCUT2D eigenvalue weighted by atomic mass is 10.1. The highest BCUT2D eigenvalue weighted by molar-refractivity contribution is 5.95. The first-order valence-electron chi connectivity index (χ1n) is 5.58. The van der Waals surface area contributed by atoms with Crippen molar-refractivity contribution in [3.05, 3.63) is 35.6 Å². The number of carbonyl (C=O) groups is 2. The molecule has 0 aromatic heterocycles. The molecule has 1 aromatic carbocycles. The second-order valence-electron chi connectivity index (χ2n) is 4.19. The summed E-state index contributed by atoms with van der Waals surface area (Å²) in [5.74, 6) is -0.782. The molecule has 5 nitrogen and oxygen atoms in total. The van der Waals surface area contributed by atoms with Gasteiger partial charge in [0.1, 0.15) is 12.4 Å². The van der Waals surface area contributed by atoms with Gasteiger partial charge in [0.05, 0.1) is 7.05 Å². The fourth-order valence-corrected chi connectivity index (χ4v) is 1.55. The molecule has 0 fully saturated rings. The molecule has 18 heavy (non-hydrogen) atoms. The van der Waals surface area contributed by atoms with Crippen molar-refractivity contribution in [3.63, 3.8) is 0 Å². The minimum absolute atomic E-state index is 0.306. The van der Waals surface area contributed by atoms with E-state index >= 15 is 0 Å². The van der Waals surface area contributed by atoms with E-state index < -0.39 is 18.0 Å². The van der Waals surface area contributed by atoms with E-state index in [2.05, 4.69) is 0 Å². The van der Waals surface area contributed by atoms with Gasteiger partial charge in [-0.1, -0.05) is 18.2 Å². The highest BCUT2D eigenvalue weighted by Crippen LogP contribution is 2.04. The minimum atomic E-state index is -0.884. The first-order chi connectivity index (χ1) is 8.41. The van der Waals surface area contributed by atoms with Gasteiger partial charge in [-0.15, -0.1) is 0 Å². The Bertz CT molecular complexity index is 451. The van der Waals surface area contributed by atoms with Crippen LogP contribution in [0.25, 0.3) is 0 Å². The number of benzene rings is 1. The average molecular weight is 254 g/mol. The van der Waals surface area contributed by atoms with Crippen LogP contribution in [-0.2, 0) is 11.3 Å². The molecule has 0 aliphatic rings. The topological polar surface area (TPSA) is 76.6 Å². The van der Waals surface area contributed by atoms with Crippen LogP contribution in [-0.4, -0.2) is 25.0 Å². The van der Waals surface area contributed by atoms with Gasteiger partial charge in [-0.05, 0) is 13.0 Å². The molecular formula is C12H17FN3O2+. The lowest BCUT2D eigenvalue weighted by Gasteiger charge is -2.20. The fourth-order valence-electron chi connectivity index (χ4n) is 1.55. The maximum Gasteiger partial charge on any atom is 0.319 e. The van der Waals surface area contributed by atoms with E-state index in [9.17, 15) is 14.0 Å². The van der Waals surface area contributed by atoms with E-state index in [1.54, 1.807) is 32.2 Å². The molecule has 0 radical (unpaired) electrons. The number of carbonyl (C=O) groups excluding carboxylic acids is 2. The Hall–Kier alpha value is -1.95. The van der Waals surface area contributed by atoms with Crippen LogP contribution in [0.1, 0.15) is 12.5 Å². The number of hydrogen-bond donors (Lipinski definition) is 3. The SMILES string of the molecule is C[C@@H](C(=O)NC(N)=O)[NH+](C)Cc1ccccc1F. The zero-order chi connectivity index (χ0) is 13.7. The average Bonchev–Trinajstić information content (AvgIpc) is 2.30. The van der Waals surface area contributed by atoms with Crippen molar-refractivity contribution in [2.24, 2.45) is 5.73 Å². The Kier molecular flexibility index (Phi) is 4.79. The smallest absolute Gasteiger partial charge is 0.319 e. The molecule has 6 heteroatoms. The van der Waals surface area contributed by atoms with Gasteiger partial charge in [0.15, 0.2) is 6.04 Å². The molecule has 0 saturated heterocycles. The molecule has 0 heterocycles. The quantitative estimate of drug-likeness (QED) is 0.672. The number of nitrogens with two attached hydrogens (primary N) is 1. The Labute approximate surface area is 105 Å². The molecule has 1 unspecified atom stereocenters. The van der Waals surface area contributed by atoms with Crippen LogP contribution >= 0.6 is 0 Å². The van der Waals surface area contributed by atoms with Crippen molar-refractivity contribution in [1.82, 2.24) is 5.32 Å². The number of imide groups is 1. The summed E-state index contributed by atoms with van der Waals surface area (Å²) in [6.07, 6.45) is 0. The number of likely N-dealkylation sites (N-methyl/N-ethyl adjacent to an activating group) is 1. The molecule has 0 aliphatic heterocycles. The van der Waals surface area contributed by atoms with Crippen LogP contribution in [0, 0.1) is 5.82 Å². The first-order valence-corrected chi connectivity index (χ1v) is 5.58. The first kappa shape index (κ1) is 14.1. The molecule has 3 amide bonds. The third-order valence-corrected chi connectivity index (χ3v) is 2.81. The molecule has 0 aliphatic carbocycles. The highest BCUT2D eigenvalue weighted by Gasteiger charge is 2.23. The van der Waals surface area contributed by atoms with Gasteiger partial charge in [0.25, 0.3) is 5.91 Å². The molecule has 1 rings (SSSR count). The lowest BCUT2D eigenvalue weighted by molar-refractivity contribution is -0.908. The number of nitrogens with one attached hydrogen (secondary N) is 2. The van der Waals surface area contributed by atoms with Crippen LogP contribution in [0.15, 0.2) is 24.3 Å². The van der Waals surface area contributed by atoms with Crippen LogP contribution in [0.5, 0.6) is 0 Å². The number of primary amides is 1. The molecule has 0 bridgehead atoms. The standard InChI is InChI=1S/C12H16FN3O2/c1-8(11(17)15-12(14)18)16(2)7-9-5-3-4-6-10(9)13/h3-6,8H,7H2,1-2H3,(H3,14,15,17,18)/p+1/t8-/m0/s1. The summed E-state index contributed by atoms with van der Waals surface area (Å²) in [5, 5.41) is 2.01. The van der Waals surface area contributed by atoms with E-state index in [4.69, 9.17) is 5.73 Å².